The molecule has 5 aliphatic rings. The van der Waals surface area contributed by atoms with Gasteiger partial charge in [-0.1, -0.05) is 72.3 Å². The van der Waals surface area contributed by atoms with Gasteiger partial charge >= 0.3 is 0 Å². The molecular formula is C113H123ClF4N10O15S. The minimum absolute atomic E-state index is 0.000353. The van der Waals surface area contributed by atoms with Crippen molar-refractivity contribution in [3.05, 3.63) is 344 Å². The van der Waals surface area contributed by atoms with E-state index in [0.29, 0.717) is 84.6 Å². The first kappa shape index (κ1) is 105. The lowest BCUT2D eigenvalue weighted by Gasteiger charge is -2.30. The Balaban J connectivity index is 0.000000129. The van der Waals surface area contributed by atoms with Crippen molar-refractivity contribution in [3.8, 4) is 28.7 Å². The number of benzene rings is 9. The summed E-state index contributed by atoms with van der Waals surface area (Å²) in [5.41, 5.74) is 13.9. The summed E-state index contributed by atoms with van der Waals surface area (Å²) in [5.74, 6) is 1.34. The predicted octanol–water partition coefficient (Wildman–Crippen LogP) is 19.8. The van der Waals surface area contributed by atoms with Gasteiger partial charge in [-0.3, -0.25) is 24.9 Å². The fourth-order valence-electron chi connectivity index (χ4n) is 17.4. The van der Waals surface area contributed by atoms with Crippen LogP contribution in [0.25, 0.3) is 54.5 Å². The number of pyridine rings is 5. The van der Waals surface area contributed by atoms with Crippen LogP contribution in [0.5, 0.6) is 28.7 Å². The minimum atomic E-state index is -0.841. The largest absolute Gasteiger partial charge is 0.497 e. The summed E-state index contributed by atoms with van der Waals surface area (Å²) in [4.78, 5) is 23.5. The monoisotopic (exact) mass is 2000 g/mol. The maximum Gasteiger partial charge on any atom is 0.159 e. The smallest absolute Gasteiger partial charge is 0.159 e. The van der Waals surface area contributed by atoms with Crippen LogP contribution in [0.2, 0.25) is 5.02 Å². The molecule has 31 heteroatoms. The van der Waals surface area contributed by atoms with Gasteiger partial charge in [0.15, 0.2) is 43.1 Å². The number of methoxy groups -OCH3 is 5. The van der Waals surface area contributed by atoms with Gasteiger partial charge in [-0.15, -0.1) is 11.3 Å². The second-order valence-electron chi connectivity index (χ2n) is 35.5. The molecule has 0 saturated carbocycles. The van der Waals surface area contributed by atoms with Gasteiger partial charge in [-0.05, 0) is 246 Å². The van der Waals surface area contributed by atoms with E-state index in [1.807, 2.05) is 152 Å². The molecule has 756 valence electrons. The summed E-state index contributed by atoms with van der Waals surface area (Å²) < 4.78 is 139. The molecule has 11 heterocycles. The van der Waals surface area contributed by atoms with Crippen LogP contribution in [0, 0.1) is 23.3 Å². The van der Waals surface area contributed by atoms with Crippen molar-refractivity contribution in [2.45, 2.75) is 159 Å². The van der Waals surface area contributed by atoms with Gasteiger partial charge in [0, 0.05) is 138 Å². The lowest BCUT2D eigenvalue weighted by atomic mass is 10.0. The van der Waals surface area contributed by atoms with Gasteiger partial charge in [-0.2, -0.15) is 0 Å². The van der Waals surface area contributed by atoms with Crippen LogP contribution in [-0.2, 0) is 112 Å². The van der Waals surface area contributed by atoms with Crippen LogP contribution < -0.4 is 50.3 Å². The average Bonchev–Trinajstić information content (AvgIpc) is 0.898. The van der Waals surface area contributed by atoms with Gasteiger partial charge in [-0.25, -0.2) is 17.6 Å². The number of hydrogen-bond donors (Lipinski definition) is 5. The highest BCUT2D eigenvalue weighted by molar-refractivity contribution is 7.09. The number of aryl methyl sites for hydroxylation is 5. The average molecular weight is 2000 g/mol. The molecule has 0 amide bonds. The Labute approximate surface area is 845 Å². The van der Waals surface area contributed by atoms with Crippen molar-refractivity contribution in [1.29, 1.82) is 0 Å². The number of rotatable bonds is 35. The number of fused-ring (bicyclic) bond motifs is 5. The minimum Gasteiger partial charge on any atom is -0.497 e. The number of hydrogen-bond acceptors (Lipinski definition) is 26. The molecule has 0 bridgehead atoms. The zero-order valence-corrected chi connectivity index (χ0v) is 83.0. The molecule has 5 saturated heterocycles. The first-order valence-electron chi connectivity index (χ1n) is 48.7. The molecule has 0 atom stereocenters. The molecule has 15 aromatic rings. The summed E-state index contributed by atoms with van der Waals surface area (Å²) in [7, 11) is 8.34. The Morgan fingerprint density at radius 2 is 0.583 bits per heavy atom. The zero-order valence-electron chi connectivity index (χ0n) is 81.4. The molecule has 5 fully saturated rings. The highest BCUT2D eigenvalue weighted by Crippen LogP contribution is 2.33. The van der Waals surface area contributed by atoms with Crippen molar-refractivity contribution >= 4 is 77.5 Å². The topological polar surface area (TPSA) is 263 Å². The first-order valence-corrected chi connectivity index (χ1v) is 49.9. The maximum atomic E-state index is 13.7. The highest BCUT2D eigenvalue weighted by atomic mass is 35.5. The molecule has 0 spiro atoms. The summed E-state index contributed by atoms with van der Waals surface area (Å²) in [6.45, 7) is 8.76. The van der Waals surface area contributed by atoms with Crippen molar-refractivity contribution in [2.24, 2.45) is 0 Å². The molecule has 0 unspecified atom stereocenters. The SMILES string of the molecule is COc1ccc2nccc(CCC3OCC(NCc4c(F)cccc4F)CO3)c2c1.COc1ccc2nccc(CCC3OCC(NCc4ccc(F)c(F)c4)CO3)c2c1.COc1ccc2nccc(CCC3OCC(NCc4cccc(Cl)c4)CO3)c2c1.COc1ccc2nccc(CCC3OCC(NCc4ccccc4)CO3)c2c1.COc1ccc2nccc(CCC3OCC(NCc4cccs4)CO3)c2c1. The molecule has 25 nitrogen and oxygen atoms in total. The summed E-state index contributed by atoms with van der Waals surface area (Å²) in [5, 5.41) is 25.1. The Morgan fingerprint density at radius 1 is 0.285 bits per heavy atom. The predicted molar refractivity (Wildman–Crippen MR) is 550 cm³/mol. The molecule has 9 aromatic carbocycles. The molecule has 144 heavy (non-hydrogen) atoms. The van der Waals surface area contributed by atoms with E-state index in [1.54, 1.807) is 59.1 Å². The van der Waals surface area contributed by atoms with Gasteiger partial charge in [0.05, 0.1) is 159 Å². The molecule has 0 aliphatic carbocycles. The van der Waals surface area contributed by atoms with E-state index >= 15 is 0 Å². The third-order valence-corrected chi connectivity index (χ3v) is 26.7. The summed E-state index contributed by atoms with van der Waals surface area (Å²) in [6.07, 6.45) is 16.1. The van der Waals surface area contributed by atoms with Gasteiger partial charge in [0.2, 0.25) is 0 Å². The van der Waals surface area contributed by atoms with Gasteiger partial charge < -0.3 is 97.6 Å². The van der Waals surface area contributed by atoms with E-state index in [-0.39, 0.29) is 73.8 Å². The van der Waals surface area contributed by atoms with Crippen LogP contribution in [0.1, 0.15) is 87.1 Å². The number of halogens is 5. The second kappa shape index (κ2) is 54.4. The van der Waals surface area contributed by atoms with E-state index in [4.69, 9.17) is 82.7 Å². The standard InChI is InChI=1S/C23H25ClN2O3.2C23H24F2N2O3.C23H26N2O3.C21H24N2O3S/c1-27-20-6-7-22-21(12-20)17(9-10-25-22)5-8-23-28-14-19(15-29-23)26-13-16-3-2-4-18(24)11-16;1-28-18-4-6-22-19(11-18)16(8-9-26-22)3-7-23-29-13-17(14-30-23)27-12-15-2-5-20(24)21(25)10-15;1-28-17-6-7-22-18(11-17)15(9-10-26-22)5-8-23-29-13-16(14-30-23)27-12-19-20(24)3-2-4-21(19)25;1-26-20-8-9-22-21(13-20)18(11-12-24-22)7-10-23-27-15-19(16-28-23)25-14-17-5-3-2-4-6-17;1-24-17-5-6-20-19(11-17)15(8-9-22-20)4-7-21-25-13-16(14-26-21)23-12-18-3-2-10-27-18/h2-4,6-7,9-12,19,23,26H,5,8,13-15H2,1H3;2,4-6,8-11,17,23,27H,3,7,12-14H2,1H3;2-4,6-7,9-11,16,23,27H,5,8,12-14H2,1H3;2-6,8-9,11-13,19,23,25H,7,10,14-16H2,1H3;2-3,5-6,8-11,16,21,23H,4,7,12-14H2,1H3. The Bertz CT molecular complexity index is 6520. The van der Waals surface area contributed by atoms with E-state index in [9.17, 15) is 17.6 Å². The Morgan fingerprint density at radius 3 is 0.889 bits per heavy atom. The fourth-order valence-corrected chi connectivity index (χ4v) is 18.3. The van der Waals surface area contributed by atoms with Crippen molar-refractivity contribution < 1.29 is 88.6 Å². The molecule has 6 aromatic heterocycles. The van der Waals surface area contributed by atoms with Crippen LogP contribution in [-0.4, -0.2) is 188 Å². The molecule has 5 aliphatic heterocycles. The number of ether oxygens (including phenoxy) is 15. The maximum absolute atomic E-state index is 13.7. The van der Waals surface area contributed by atoms with E-state index in [0.717, 1.165) is 183 Å². The summed E-state index contributed by atoms with van der Waals surface area (Å²) in [6, 6.07) is 70.5. The first-order chi connectivity index (χ1) is 70.6. The third-order valence-electron chi connectivity index (χ3n) is 25.5. The fraction of sp³-hybridized carbons (Fsp3) is 0.354. The summed E-state index contributed by atoms with van der Waals surface area (Å²) >= 11 is 7.80. The Kier molecular flexibility index (Phi) is 39.6. The zero-order chi connectivity index (χ0) is 99.6. The van der Waals surface area contributed by atoms with Crippen LogP contribution in [0.4, 0.5) is 17.6 Å². The lowest BCUT2D eigenvalue weighted by molar-refractivity contribution is -0.192. The van der Waals surface area contributed by atoms with Crippen LogP contribution in [0.15, 0.2) is 261 Å². The van der Waals surface area contributed by atoms with Crippen molar-refractivity contribution in [2.75, 3.05) is 102 Å². The van der Waals surface area contributed by atoms with Gasteiger partial charge in [0.25, 0.3) is 0 Å². The number of nitrogens with zero attached hydrogens (tertiary/aromatic N) is 5. The van der Waals surface area contributed by atoms with Gasteiger partial charge in [0.1, 0.15) is 40.4 Å². The van der Waals surface area contributed by atoms with E-state index in [1.165, 1.54) is 57.0 Å². The van der Waals surface area contributed by atoms with E-state index < -0.39 is 23.3 Å². The van der Waals surface area contributed by atoms with E-state index in [2.05, 4.69) is 118 Å². The number of thiophene rings is 1. The molecule has 0 radical (unpaired) electrons. The van der Waals surface area contributed by atoms with Crippen molar-refractivity contribution in [1.82, 2.24) is 51.5 Å². The number of nitrogens with one attached hydrogen (secondary N) is 5. The second-order valence-corrected chi connectivity index (χ2v) is 36.9. The van der Waals surface area contributed by atoms with Crippen LogP contribution in [0.3, 0.4) is 0 Å². The quantitative estimate of drug-likeness (QED) is 0.0231. The normalized spacial score (nSPS) is 19.5. The molecular weight excluding hydrogens is 1880 g/mol. The lowest BCUT2D eigenvalue weighted by Crippen LogP contribution is -2.44. The van der Waals surface area contributed by atoms with Crippen LogP contribution >= 0.6 is 22.9 Å². The molecule has 5 N–H and O–H groups in total. The third kappa shape index (κ3) is 30.9. The van der Waals surface area contributed by atoms with Crippen molar-refractivity contribution in [3.63, 3.8) is 0 Å². The highest BCUT2D eigenvalue weighted by Gasteiger charge is 2.29. The number of aromatic nitrogens is 5. The Hall–Kier alpha value is -11.9. The molecule has 20 rings (SSSR count).